The van der Waals surface area contributed by atoms with Gasteiger partial charge >= 0.3 is 0 Å². The van der Waals surface area contributed by atoms with E-state index in [4.69, 9.17) is 14.2 Å². The monoisotopic (exact) mass is 343 g/mol. The minimum atomic E-state index is -0.0638. The fraction of sp³-hybridized carbons (Fsp3) is 0.389. The van der Waals surface area contributed by atoms with Gasteiger partial charge in [-0.15, -0.1) is 5.10 Å². The number of hydrogen-bond acceptors (Lipinski definition) is 6. The molecule has 2 heterocycles. The van der Waals surface area contributed by atoms with Gasteiger partial charge in [-0.05, 0) is 37.3 Å². The van der Waals surface area contributed by atoms with Gasteiger partial charge in [0.05, 0.1) is 13.2 Å². The molecule has 1 saturated heterocycles. The maximum Gasteiger partial charge on any atom is 0.260 e. The van der Waals surface area contributed by atoms with Crippen molar-refractivity contribution in [2.45, 2.75) is 19.4 Å². The average molecular weight is 343 g/mol. The summed E-state index contributed by atoms with van der Waals surface area (Å²) < 4.78 is 16.7. The van der Waals surface area contributed by atoms with Gasteiger partial charge in [-0.3, -0.25) is 4.79 Å². The Balaban J connectivity index is 1.44. The van der Waals surface area contributed by atoms with Crippen molar-refractivity contribution < 1.29 is 19.0 Å². The van der Waals surface area contributed by atoms with E-state index in [1.54, 1.807) is 35.4 Å². The van der Waals surface area contributed by atoms with Gasteiger partial charge in [0.1, 0.15) is 17.6 Å². The van der Waals surface area contributed by atoms with Crippen molar-refractivity contribution in [3.05, 3.63) is 42.6 Å². The van der Waals surface area contributed by atoms with Crippen molar-refractivity contribution >= 4 is 5.91 Å². The number of nitrogens with zero attached hydrogens (tertiary/aromatic N) is 3. The van der Waals surface area contributed by atoms with Crippen LogP contribution in [0.2, 0.25) is 0 Å². The molecule has 1 aliphatic heterocycles. The number of carbonyl (C=O) groups excluding carboxylic acids is 1. The van der Waals surface area contributed by atoms with Crippen molar-refractivity contribution in [2.75, 3.05) is 26.3 Å². The first-order chi connectivity index (χ1) is 12.2. The highest BCUT2D eigenvalue weighted by Gasteiger charge is 2.28. The SMILES string of the molecule is CCOc1ccc(OCC(=O)N2CCC(Oc3cccnn3)C2)cc1. The molecule has 0 spiro atoms. The standard InChI is InChI=1S/C18H21N3O4/c1-2-23-14-5-7-15(8-6-14)24-13-18(22)21-11-9-16(12-21)25-17-4-3-10-19-20-17/h3-8,10,16H,2,9,11-13H2,1H3. The maximum atomic E-state index is 12.3. The Bertz CT molecular complexity index is 678. The molecule has 0 saturated carbocycles. The third-order valence-electron chi connectivity index (χ3n) is 3.83. The predicted molar refractivity (Wildman–Crippen MR) is 90.8 cm³/mol. The van der Waals surface area contributed by atoms with Crippen LogP contribution in [-0.2, 0) is 4.79 Å². The number of aromatic nitrogens is 2. The summed E-state index contributed by atoms with van der Waals surface area (Å²) in [5.74, 6) is 1.85. The number of amides is 1. The predicted octanol–water partition coefficient (Wildman–Crippen LogP) is 1.93. The van der Waals surface area contributed by atoms with Crippen LogP contribution in [0.5, 0.6) is 17.4 Å². The largest absolute Gasteiger partial charge is 0.494 e. The first-order valence-corrected chi connectivity index (χ1v) is 8.32. The van der Waals surface area contributed by atoms with Crippen LogP contribution in [0.25, 0.3) is 0 Å². The number of rotatable bonds is 7. The van der Waals surface area contributed by atoms with Gasteiger partial charge in [0.15, 0.2) is 6.61 Å². The van der Waals surface area contributed by atoms with Gasteiger partial charge in [0, 0.05) is 25.2 Å². The van der Waals surface area contributed by atoms with Crippen molar-refractivity contribution in [3.8, 4) is 17.4 Å². The zero-order valence-corrected chi connectivity index (χ0v) is 14.1. The second-order valence-corrected chi connectivity index (χ2v) is 5.62. The first kappa shape index (κ1) is 17.0. The molecule has 0 bridgehead atoms. The van der Waals surface area contributed by atoms with E-state index in [2.05, 4.69) is 10.2 Å². The summed E-state index contributed by atoms with van der Waals surface area (Å²) in [6.45, 7) is 3.73. The van der Waals surface area contributed by atoms with Crippen LogP contribution < -0.4 is 14.2 Å². The number of likely N-dealkylation sites (tertiary alicyclic amines) is 1. The molecule has 1 fully saturated rings. The van der Waals surface area contributed by atoms with Gasteiger partial charge in [0.2, 0.25) is 5.88 Å². The smallest absolute Gasteiger partial charge is 0.260 e. The second kappa shape index (κ2) is 8.32. The Morgan fingerprint density at radius 3 is 2.64 bits per heavy atom. The van der Waals surface area contributed by atoms with Gasteiger partial charge in [0.25, 0.3) is 5.91 Å². The molecule has 0 radical (unpaired) electrons. The molecule has 1 aliphatic rings. The molecule has 132 valence electrons. The van der Waals surface area contributed by atoms with E-state index in [0.717, 1.165) is 12.2 Å². The summed E-state index contributed by atoms with van der Waals surface area (Å²) in [5, 5.41) is 7.67. The summed E-state index contributed by atoms with van der Waals surface area (Å²) in [5.41, 5.74) is 0. The van der Waals surface area contributed by atoms with Crippen molar-refractivity contribution in [1.82, 2.24) is 15.1 Å². The number of benzene rings is 1. The zero-order chi connectivity index (χ0) is 17.5. The fourth-order valence-corrected chi connectivity index (χ4v) is 2.61. The third-order valence-corrected chi connectivity index (χ3v) is 3.83. The van der Waals surface area contributed by atoms with Gasteiger partial charge in [-0.1, -0.05) is 0 Å². The average Bonchev–Trinajstić information content (AvgIpc) is 3.10. The number of ether oxygens (including phenoxy) is 3. The van der Waals surface area contributed by atoms with E-state index in [1.807, 2.05) is 19.1 Å². The topological polar surface area (TPSA) is 73.8 Å². The molecule has 1 atom stereocenters. The summed E-state index contributed by atoms with van der Waals surface area (Å²) in [4.78, 5) is 14.0. The molecule has 7 nitrogen and oxygen atoms in total. The van der Waals surface area contributed by atoms with Crippen LogP contribution in [0, 0.1) is 0 Å². The highest BCUT2D eigenvalue weighted by atomic mass is 16.5. The van der Waals surface area contributed by atoms with Crippen LogP contribution in [0.1, 0.15) is 13.3 Å². The van der Waals surface area contributed by atoms with Crippen LogP contribution in [0.4, 0.5) is 0 Å². The molecule has 0 aliphatic carbocycles. The molecule has 25 heavy (non-hydrogen) atoms. The molecule has 3 rings (SSSR count). The molecule has 7 heteroatoms. The minimum absolute atomic E-state index is 0.00580. The Kier molecular flexibility index (Phi) is 5.66. The Labute approximate surface area is 146 Å². The van der Waals surface area contributed by atoms with E-state index in [-0.39, 0.29) is 18.6 Å². The van der Waals surface area contributed by atoms with Crippen LogP contribution in [0.3, 0.4) is 0 Å². The Morgan fingerprint density at radius 1 is 1.20 bits per heavy atom. The summed E-state index contributed by atoms with van der Waals surface area (Å²) in [6, 6.07) is 10.8. The van der Waals surface area contributed by atoms with Gasteiger partial charge < -0.3 is 19.1 Å². The van der Waals surface area contributed by atoms with E-state index in [1.165, 1.54) is 0 Å². The zero-order valence-electron chi connectivity index (χ0n) is 14.1. The van der Waals surface area contributed by atoms with Gasteiger partial charge in [-0.2, -0.15) is 5.10 Å². The number of hydrogen-bond donors (Lipinski definition) is 0. The molecule has 1 unspecified atom stereocenters. The van der Waals surface area contributed by atoms with E-state index in [0.29, 0.717) is 31.3 Å². The molecule has 1 aromatic carbocycles. The van der Waals surface area contributed by atoms with Crippen LogP contribution >= 0.6 is 0 Å². The Morgan fingerprint density at radius 2 is 1.96 bits per heavy atom. The van der Waals surface area contributed by atoms with E-state index >= 15 is 0 Å². The van der Waals surface area contributed by atoms with Gasteiger partial charge in [-0.25, -0.2) is 0 Å². The molecule has 2 aromatic rings. The lowest BCUT2D eigenvalue weighted by Gasteiger charge is -2.17. The maximum absolute atomic E-state index is 12.3. The summed E-state index contributed by atoms with van der Waals surface area (Å²) in [6.07, 6.45) is 2.30. The van der Waals surface area contributed by atoms with Crippen molar-refractivity contribution in [1.29, 1.82) is 0 Å². The second-order valence-electron chi connectivity index (χ2n) is 5.62. The minimum Gasteiger partial charge on any atom is -0.494 e. The molecule has 1 amide bonds. The lowest BCUT2D eigenvalue weighted by Crippen LogP contribution is -2.34. The first-order valence-electron chi connectivity index (χ1n) is 8.32. The highest BCUT2D eigenvalue weighted by molar-refractivity contribution is 5.78. The van der Waals surface area contributed by atoms with Crippen molar-refractivity contribution in [3.63, 3.8) is 0 Å². The third kappa shape index (κ3) is 4.82. The number of carbonyl (C=O) groups is 1. The van der Waals surface area contributed by atoms with Crippen LogP contribution in [-0.4, -0.2) is 53.4 Å². The molecular weight excluding hydrogens is 322 g/mol. The molecular formula is C18H21N3O4. The molecule has 1 aromatic heterocycles. The van der Waals surface area contributed by atoms with E-state index in [9.17, 15) is 4.79 Å². The molecule has 0 N–H and O–H groups in total. The Hall–Kier alpha value is -2.83. The highest BCUT2D eigenvalue weighted by Crippen LogP contribution is 2.19. The quantitative estimate of drug-likeness (QED) is 0.765. The van der Waals surface area contributed by atoms with Crippen molar-refractivity contribution in [2.24, 2.45) is 0 Å². The normalized spacial score (nSPS) is 16.5. The lowest BCUT2D eigenvalue weighted by atomic mass is 10.3. The summed E-state index contributed by atoms with van der Waals surface area (Å²) >= 11 is 0. The van der Waals surface area contributed by atoms with Crippen LogP contribution in [0.15, 0.2) is 42.6 Å². The fourth-order valence-electron chi connectivity index (χ4n) is 2.61. The lowest BCUT2D eigenvalue weighted by molar-refractivity contribution is -0.132. The summed E-state index contributed by atoms with van der Waals surface area (Å²) in [7, 11) is 0. The van der Waals surface area contributed by atoms with E-state index < -0.39 is 0 Å².